The molecule has 1 aromatic rings. The van der Waals surface area contributed by atoms with Gasteiger partial charge in [-0.2, -0.15) is 0 Å². The van der Waals surface area contributed by atoms with Crippen molar-refractivity contribution in [3.63, 3.8) is 0 Å². The van der Waals surface area contributed by atoms with E-state index < -0.39 is 9.84 Å². The second kappa shape index (κ2) is 7.94. The molecule has 1 heterocycles. The van der Waals surface area contributed by atoms with Gasteiger partial charge in [-0.25, -0.2) is 8.42 Å². The van der Waals surface area contributed by atoms with Crippen molar-refractivity contribution in [2.45, 2.75) is 43.2 Å². The molecule has 1 amide bonds. The summed E-state index contributed by atoms with van der Waals surface area (Å²) in [5.74, 6) is 0.00869. The standard InChI is InChI=1S/C15H22N2O3S.ClH/c1-11(17-15(18)14-5-3-4-10-16-14)12-6-8-13(9-7-12)21(2,19)20;/h6-9,11,14,16H,3-5,10H2,1-2H3,(H,17,18);1H/t11?,14-;/m1./s1. The number of hydrogen-bond acceptors (Lipinski definition) is 4. The third-order valence-electron chi connectivity index (χ3n) is 3.79. The van der Waals surface area contributed by atoms with E-state index in [0.717, 1.165) is 31.4 Å². The van der Waals surface area contributed by atoms with Crippen LogP contribution in [-0.4, -0.2) is 33.2 Å². The lowest BCUT2D eigenvalue weighted by Gasteiger charge is -2.24. The van der Waals surface area contributed by atoms with Crippen LogP contribution >= 0.6 is 12.4 Å². The predicted molar refractivity (Wildman–Crippen MR) is 89.0 cm³/mol. The monoisotopic (exact) mass is 346 g/mol. The van der Waals surface area contributed by atoms with Gasteiger partial charge in [-0.05, 0) is 44.0 Å². The van der Waals surface area contributed by atoms with E-state index in [2.05, 4.69) is 10.6 Å². The Kier molecular flexibility index (Phi) is 6.84. The fourth-order valence-corrected chi connectivity index (χ4v) is 3.11. The lowest BCUT2D eigenvalue weighted by Crippen LogP contribution is -2.47. The minimum absolute atomic E-state index is 0. The zero-order chi connectivity index (χ0) is 15.5. The minimum Gasteiger partial charge on any atom is -0.348 e. The molecule has 1 unspecified atom stereocenters. The van der Waals surface area contributed by atoms with E-state index in [1.165, 1.54) is 6.26 Å². The van der Waals surface area contributed by atoms with Gasteiger partial charge < -0.3 is 10.6 Å². The number of hydrogen-bond donors (Lipinski definition) is 2. The van der Waals surface area contributed by atoms with E-state index in [1.807, 2.05) is 6.92 Å². The number of carbonyl (C=O) groups is 1. The Morgan fingerprint density at radius 1 is 1.27 bits per heavy atom. The van der Waals surface area contributed by atoms with Crippen LogP contribution in [-0.2, 0) is 14.6 Å². The molecule has 22 heavy (non-hydrogen) atoms. The third-order valence-corrected chi connectivity index (χ3v) is 4.92. The Morgan fingerprint density at radius 2 is 1.91 bits per heavy atom. The molecule has 2 N–H and O–H groups in total. The number of benzene rings is 1. The van der Waals surface area contributed by atoms with Crippen molar-refractivity contribution in [1.29, 1.82) is 0 Å². The highest BCUT2D eigenvalue weighted by molar-refractivity contribution is 7.90. The fraction of sp³-hybridized carbons (Fsp3) is 0.533. The minimum atomic E-state index is -3.18. The molecule has 0 spiro atoms. The van der Waals surface area contributed by atoms with E-state index in [9.17, 15) is 13.2 Å². The van der Waals surface area contributed by atoms with Gasteiger partial charge in [-0.15, -0.1) is 12.4 Å². The Labute approximate surface area is 138 Å². The number of sulfone groups is 1. The summed E-state index contributed by atoms with van der Waals surface area (Å²) >= 11 is 0. The molecule has 1 saturated heterocycles. The topological polar surface area (TPSA) is 75.3 Å². The second-order valence-corrected chi connectivity index (χ2v) is 7.59. The summed E-state index contributed by atoms with van der Waals surface area (Å²) in [7, 11) is -3.18. The quantitative estimate of drug-likeness (QED) is 0.872. The number of halogens is 1. The Bertz CT molecular complexity index is 596. The van der Waals surface area contributed by atoms with Crippen molar-refractivity contribution in [3.8, 4) is 0 Å². The number of nitrogens with one attached hydrogen (secondary N) is 2. The molecule has 1 aliphatic heterocycles. The van der Waals surface area contributed by atoms with E-state index >= 15 is 0 Å². The smallest absolute Gasteiger partial charge is 0.237 e. The Morgan fingerprint density at radius 3 is 2.41 bits per heavy atom. The van der Waals surface area contributed by atoms with Gasteiger partial charge in [0.25, 0.3) is 0 Å². The summed E-state index contributed by atoms with van der Waals surface area (Å²) in [6.45, 7) is 2.78. The molecule has 2 rings (SSSR count). The molecule has 124 valence electrons. The molecule has 0 bridgehead atoms. The lowest BCUT2D eigenvalue weighted by atomic mass is 10.0. The molecule has 0 radical (unpaired) electrons. The summed E-state index contributed by atoms with van der Waals surface area (Å²) in [6.07, 6.45) is 4.24. The van der Waals surface area contributed by atoms with Crippen molar-refractivity contribution in [2.75, 3.05) is 12.8 Å². The molecule has 0 saturated carbocycles. The molecule has 5 nitrogen and oxygen atoms in total. The normalized spacial score (nSPS) is 19.8. The van der Waals surface area contributed by atoms with Crippen LogP contribution in [0.4, 0.5) is 0 Å². The van der Waals surface area contributed by atoms with Crippen molar-refractivity contribution in [2.24, 2.45) is 0 Å². The van der Waals surface area contributed by atoms with Crippen molar-refractivity contribution < 1.29 is 13.2 Å². The first-order valence-electron chi connectivity index (χ1n) is 7.22. The number of carbonyl (C=O) groups excluding carboxylic acids is 1. The Balaban J connectivity index is 0.00000242. The molecular formula is C15H23ClN2O3S. The van der Waals surface area contributed by atoms with Gasteiger partial charge in [-0.1, -0.05) is 18.6 Å². The number of amides is 1. The maximum atomic E-state index is 12.1. The first-order chi connectivity index (χ1) is 9.88. The highest BCUT2D eigenvalue weighted by Crippen LogP contribution is 2.17. The zero-order valence-corrected chi connectivity index (χ0v) is 14.5. The van der Waals surface area contributed by atoms with E-state index in [1.54, 1.807) is 24.3 Å². The second-order valence-electron chi connectivity index (χ2n) is 5.57. The van der Waals surface area contributed by atoms with Gasteiger partial charge in [0.15, 0.2) is 9.84 Å². The van der Waals surface area contributed by atoms with Gasteiger partial charge in [0, 0.05) is 6.26 Å². The summed E-state index contributed by atoms with van der Waals surface area (Å²) in [6, 6.07) is 6.38. The molecule has 0 aromatic heterocycles. The number of rotatable bonds is 4. The molecule has 1 aliphatic rings. The van der Waals surface area contributed by atoms with Gasteiger partial charge in [0.05, 0.1) is 17.0 Å². The molecule has 1 aromatic carbocycles. The summed E-state index contributed by atoms with van der Waals surface area (Å²) < 4.78 is 22.8. The van der Waals surface area contributed by atoms with Crippen LogP contribution in [0.1, 0.15) is 37.8 Å². The molecule has 2 atom stereocenters. The van der Waals surface area contributed by atoms with E-state index in [-0.39, 0.29) is 30.4 Å². The van der Waals surface area contributed by atoms with Crippen LogP contribution in [0.2, 0.25) is 0 Å². The van der Waals surface area contributed by atoms with Crippen LogP contribution in [0, 0.1) is 0 Å². The maximum Gasteiger partial charge on any atom is 0.237 e. The third kappa shape index (κ3) is 4.97. The van der Waals surface area contributed by atoms with Gasteiger partial charge in [-0.3, -0.25) is 4.79 Å². The highest BCUT2D eigenvalue weighted by Gasteiger charge is 2.22. The van der Waals surface area contributed by atoms with Crippen LogP contribution < -0.4 is 10.6 Å². The highest BCUT2D eigenvalue weighted by atomic mass is 35.5. The SMILES string of the molecule is CC(NC(=O)[C@H]1CCCCN1)c1ccc(S(C)(=O)=O)cc1.Cl. The maximum absolute atomic E-state index is 12.1. The van der Waals surface area contributed by atoms with Crippen LogP contribution in [0.25, 0.3) is 0 Å². The summed E-state index contributed by atoms with van der Waals surface area (Å²) in [5, 5.41) is 6.19. The average molecular weight is 347 g/mol. The number of piperidine rings is 1. The molecule has 1 fully saturated rings. The van der Waals surface area contributed by atoms with Gasteiger partial charge >= 0.3 is 0 Å². The molecule has 7 heteroatoms. The van der Waals surface area contributed by atoms with Crippen LogP contribution in [0.5, 0.6) is 0 Å². The lowest BCUT2D eigenvalue weighted by molar-refractivity contribution is -0.124. The van der Waals surface area contributed by atoms with Crippen molar-refractivity contribution in [3.05, 3.63) is 29.8 Å². The van der Waals surface area contributed by atoms with Gasteiger partial charge in [0.1, 0.15) is 0 Å². The fourth-order valence-electron chi connectivity index (χ4n) is 2.48. The van der Waals surface area contributed by atoms with Crippen molar-refractivity contribution in [1.82, 2.24) is 10.6 Å². The Hall–Kier alpha value is -1.11. The van der Waals surface area contributed by atoms with Crippen LogP contribution in [0.3, 0.4) is 0 Å². The largest absolute Gasteiger partial charge is 0.348 e. The molecule has 0 aliphatic carbocycles. The zero-order valence-electron chi connectivity index (χ0n) is 12.8. The van der Waals surface area contributed by atoms with E-state index in [4.69, 9.17) is 0 Å². The first kappa shape index (κ1) is 18.9. The summed E-state index contributed by atoms with van der Waals surface area (Å²) in [4.78, 5) is 12.4. The summed E-state index contributed by atoms with van der Waals surface area (Å²) in [5.41, 5.74) is 0.895. The molecular weight excluding hydrogens is 324 g/mol. The van der Waals surface area contributed by atoms with Crippen LogP contribution in [0.15, 0.2) is 29.2 Å². The van der Waals surface area contributed by atoms with Gasteiger partial charge in [0.2, 0.25) is 5.91 Å². The average Bonchev–Trinajstić information content (AvgIpc) is 2.47. The predicted octanol–water partition coefficient (Wildman–Crippen LogP) is 1.83. The van der Waals surface area contributed by atoms with E-state index in [0.29, 0.717) is 4.90 Å². The first-order valence-corrected chi connectivity index (χ1v) is 9.11. The van der Waals surface area contributed by atoms with Crippen molar-refractivity contribution >= 4 is 28.2 Å².